The van der Waals surface area contributed by atoms with Crippen molar-refractivity contribution in [1.29, 1.82) is 5.26 Å². The highest BCUT2D eigenvalue weighted by molar-refractivity contribution is 5.93. The maximum absolute atomic E-state index is 13.6. The summed E-state index contributed by atoms with van der Waals surface area (Å²) in [5.41, 5.74) is 9.56. The van der Waals surface area contributed by atoms with E-state index in [-0.39, 0.29) is 30.4 Å². The van der Waals surface area contributed by atoms with E-state index < -0.39 is 0 Å². The third kappa shape index (κ3) is 7.31. The van der Waals surface area contributed by atoms with Gasteiger partial charge < -0.3 is 16.4 Å². The van der Waals surface area contributed by atoms with E-state index in [9.17, 15) is 9.59 Å². The molecule has 0 spiro atoms. The van der Waals surface area contributed by atoms with Gasteiger partial charge in [-0.1, -0.05) is 42.5 Å². The standard InChI is InChI=1S/C32H34N8O2/c33-18-24-6-15-31(35-20-24)38-27-9-13-29(14-10-27)40(32(42)36-19-23-4-2-1-3-5-23)28-11-7-25(8-12-28)26-21-37-39(22-26)17-16-30(34)41/h1-8,11-12,15,20-22,27,29H,9-10,13-14,16-17,19H2,(H2,34,41)(H,35,38)(H,36,42)/t27-,29-. The van der Waals surface area contributed by atoms with E-state index in [1.807, 2.05) is 71.8 Å². The van der Waals surface area contributed by atoms with Crippen molar-refractivity contribution in [3.05, 3.63) is 96.4 Å². The number of carbonyl (C=O) groups is 2. The van der Waals surface area contributed by atoms with Crippen LogP contribution < -0.4 is 21.3 Å². The van der Waals surface area contributed by atoms with E-state index in [2.05, 4.69) is 26.8 Å². The number of nitrogens with zero attached hydrogens (tertiary/aromatic N) is 5. The number of nitrogens with one attached hydrogen (secondary N) is 2. The van der Waals surface area contributed by atoms with Crippen molar-refractivity contribution < 1.29 is 9.59 Å². The molecule has 1 aliphatic rings. The molecule has 1 aliphatic carbocycles. The summed E-state index contributed by atoms with van der Waals surface area (Å²) in [5, 5.41) is 19.9. The summed E-state index contributed by atoms with van der Waals surface area (Å²) in [7, 11) is 0. The van der Waals surface area contributed by atoms with E-state index >= 15 is 0 Å². The fraction of sp³-hybridized carbons (Fsp3) is 0.281. The Morgan fingerprint density at radius 3 is 2.40 bits per heavy atom. The summed E-state index contributed by atoms with van der Waals surface area (Å²) in [6.45, 7) is 0.877. The molecule has 4 N–H and O–H groups in total. The number of anilines is 2. The highest BCUT2D eigenvalue weighted by atomic mass is 16.2. The van der Waals surface area contributed by atoms with Gasteiger partial charge in [0.2, 0.25) is 5.91 Å². The Bertz CT molecular complexity index is 1520. The number of rotatable bonds is 10. The number of hydrogen-bond donors (Lipinski definition) is 3. The molecule has 214 valence electrons. The van der Waals surface area contributed by atoms with Crippen LogP contribution in [-0.2, 0) is 17.9 Å². The molecule has 0 radical (unpaired) electrons. The molecule has 42 heavy (non-hydrogen) atoms. The van der Waals surface area contributed by atoms with Crippen LogP contribution in [-0.4, -0.2) is 38.8 Å². The zero-order valence-electron chi connectivity index (χ0n) is 23.3. The molecular formula is C32H34N8O2. The van der Waals surface area contributed by atoms with Gasteiger partial charge in [-0.2, -0.15) is 10.4 Å². The number of benzene rings is 2. The SMILES string of the molecule is N#Cc1ccc(N[C@H]2CC[C@H](N(C(=O)NCc3ccccc3)c3ccc(-c4cnn(CCC(N)=O)c4)cc3)CC2)nc1. The summed E-state index contributed by atoms with van der Waals surface area (Å²) < 4.78 is 1.71. The summed E-state index contributed by atoms with van der Waals surface area (Å²) in [4.78, 5) is 31.0. The van der Waals surface area contributed by atoms with Gasteiger partial charge in [-0.05, 0) is 61.1 Å². The molecule has 1 fully saturated rings. The fourth-order valence-corrected chi connectivity index (χ4v) is 5.26. The lowest BCUT2D eigenvalue weighted by Gasteiger charge is -2.37. The molecule has 0 unspecified atom stereocenters. The molecule has 10 nitrogen and oxygen atoms in total. The number of pyridine rings is 1. The van der Waals surface area contributed by atoms with E-state index in [4.69, 9.17) is 11.0 Å². The Labute approximate surface area is 245 Å². The fourth-order valence-electron chi connectivity index (χ4n) is 5.26. The van der Waals surface area contributed by atoms with Crippen LogP contribution in [0.25, 0.3) is 11.1 Å². The smallest absolute Gasteiger partial charge is 0.322 e. The summed E-state index contributed by atoms with van der Waals surface area (Å²) >= 11 is 0. The van der Waals surface area contributed by atoms with Gasteiger partial charge in [0.25, 0.3) is 0 Å². The quantitative estimate of drug-likeness (QED) is 0.253. The number of hydrogen-bond acceptors (Lipinski definition) is 6. The Hall–Kier alpha value is -5.17. The third-order valence-corrected chi connectivity index (χ3v) is 7.51. The van der Waals surface area contributed by atoms with Crippen molar-refractivity contribution in [2.75, 3.05) is 10.2 Å². The third-order valence-electron chi connectivity index (χ3n) is 7.51. The van der Waals surface area contributed by atoms with Gasteiger partial charge in [0.05, 0.1) is 11.8 Å². The monoisotopic (exact) mass is 562 g/mol. The van der Waals surface area contributed by atoms with Gasteiger partial charge in [-0.15, -0.1) is 0 Å². The van der Waals surface area contributed by atoms with Gasteiger partial charge in [0.1, 0.15) is 11.9 Å². The number of amides is 3. The van der Waals surface area contributed by atoms with Crippen LogP contribution in [0.5, 0.6) is 0 Å². The van der Waals surface area contributed by atoms with Crippen molar-refractivity contribution in [3.8, 4) is 17.2 Å². The topological polar surface area (TPSA) is 142 Å². The average molecular weight is 563 g/mol. The van der Waals surface area contributed by atoms with Crippen LogP contribution in [0.3, 0.4) is 0 Å². The number of primary amides is 1. The maximum Gasteiger partial charge on any atom is 0.322 e. The Morgan fingerprint density at radius 2 is 1.74 bits per heavy atom. The molecule has 3 amide bonds. The lowest BCUT2D eigenvalue weighted by Crippen LogP contribution is -2.48. The second-order valence-corrected chi connectivity index (χ2v) is 10.5. The largest absolute Gasteiger partial charge is 0.370 e. The van der Waals surface area contributed by atoms with Crippen LogP contribution in [0, 0.1) is 11.3 Å². The minimum absolute atomic E-state index is 0.0372. The molecule has 2 aromatic heterocycles. The molecular weight excluding hydrogens is 528 g/mol. The highest BCUT2D eigenvalue weighted by Crippen LogP contribution is 2.31. The molecule has 10 heteroatoms. The highest BCUT2D eigenvalue weighted by Gasteiger charge is 2.30. The number of nitrogens with two attached hydrogens (primary N) is 1. The average Bonchev–Trinajstić information content (AvgIpc) is 3.50. The van der Waals surface area contributed by atoms with Crippen LogP contribution >= 0.6 is 0 Å². The second-order valence-electron chi connectivity index (χ2n) is 10.5. The van der Waals surface area contributed by atoms with Gasteiger partial charge >= 0.3 is 6.03 Å². The van der Waals surface area contributed by atoms with Crippen LogP contribution in [0.4, 0.5) is 16.3 Å². The number of nitriles is 1. The van der Waals surface area contributed by atoms with Gasteiger partial charge in [0, 0.05) is 55.2 Å². The predicted octanol–water partition coefficient (Wildman–Crippen LogP) is 4.83. The normalized spacial score (nSPS) is 16.3. The van der Waals surface area contributed by atoms with E-state index in [1.54, 1.807) is 23.1 Å². The second kappa shape index (κ2) is 13.5. The van der Waals surface area contributed by atoms with Crippen molar-refractivity contribution >= 4 is 23.4 Å². The van der Waals surface area contributed by atoms with E-state index in [0.717, 1.165) is 53.9 Å². The Balaban J connectivity index is 1.28. The molecule has 0 atom stereocenters. The van der Waals surface area contributed by atoms with Crippen molar-refractivity contribution in [1.82, 2.24) is 20.1 Å². The number of aromatic nitrogens is 3. The first-order valence-corrected chi connectivity index (χ1v) is 14.1. The molecule has 5 rings (SSSR count). The van der Waals surface area contributed by atoms with Gasteiger partial charge in [-0.25, -0.2) is 9.78 Å². The maximum atomic E-state index is 13.6. The first kappa shape index (κ1) is 28.4. The lowest BCUT2D eigenvalue weighted by atomic mass is 9.89. The first-order chi connectivity index (χ1) is 20.5. The molecule has 0 saturated heterocycles. The minimum atomic E-state index is -0.363. The number of urea groups is 1. The van der Waals surface area contributed by atoms with Crippen molar-refractivity contribution in [2.45, 2.75) is 57.3 Å². The summed E-state index contributed by atoms with van der Waals surface area (Å²) in [5.74, 6) is 0.390. The molecule has 0 bridgehead atoms. The first-order valence-electron chi connectivity index (χ1n) is 14.1. The zero-order valence-corrected chi connectivity index (χ0v) is 23.3. The minimum Gasteiger partial charge on any atom is -0.370 e. The molecule has 2 heterocycles. The molecule has 4 aromatic rings. The molecule has 2 aromatic carbocycles. The predicted molar refractivity (Wildman–Crippen MR) is 161 cm³/mol. The lowest BCUT2D eigenvalue weighted by molar-refractivity contribution is -0.118. The van der Waals surface area contributed by atoms with Crippen molar-refractivity contribution in [2.24, 2.45) is 5.73 Å². The van der Waals surface area contributed by atoms with Gasteiger partial charge in [0.15, 0.2) is 0 Å². The zero-order chi connectivity index (χ0) is 29.3. The van der Waals surface area contributed by atoms with E-state index in [0.29, 0.717) is 18.7 Å². The van der Waals surface area contributed by atoms with Gasteiger partial charge in [-0.3, -0.25) is 14.4 Å². The number of aryl methyl sites for hydroxylation is 1. The summed E-state index contributed by atoms with van der Waals surface area (Å²) in [6.07, 6.45) is 8.89. The number of carbonyl (C=O) groups excluding carboxylic acids is 2. The Morgan fingerprint density at radius 1 is 0.976 bits per heavy atom. The van der Waals surface area contributed by atoms with Crippen LogP contribution in [0.2, 0.25) is 0 Å². The molecule has 1 saturated carbocycles. The molecule has 0 aliphatic heterocycles. The van der Waals surface area contributed by atoms with Crippen LogP contribution in [0.1, 0.15) is 43.2 Å². The van der Waals surface area contributed by atoms with Crippen LogP contribution in [0.15, 0.2) is 85.3 Å². The summed E-state index contributed by atoms with van der Waals surface area (Å²) in [6, 6.07) is 23.6. The van der Waals surface area contributed by atoms with E-state index in [1.165, 1.54) is 0 Å². The Kier molecular flexibility index (Phi) is 9.09. The van der Waals surface area contributed by atoms with Crippen molar-refractivity contribution in [3.63, 3.8) is 0 Å².